The van der Waals surface area contributed by atoms with Crippen LogP contribution < -0.4 is 15.8 Å². The van der Waals surface area contributed by atoms with Gasteiger partial charge in [-0.1, -0.05) is 13.8 Å². The number of rotatable bonds is 3. The fourth-order valence-electron chi connectivity index (χ4n) is 2.33. The van der Waals surface area contributed by atoms with Gasteiger partial charge in [0.1, 0.15) is 0 Å². The zero-order chi connectivity index (χ0) is 11.8. The lowest BCUT2D eigenvalue weighted by Gasteiger charge is -2.18. The second kappa shape index (κ2) is 4.13. The van der Waals surface area contributed by atoms with Crippen LogP contribution in [0.1, 0.15) is 33.1 Å². The second-order valence-corrected chi connectivity index (χ2v) is 5.95. The van der Waals surface area contributed by atoms with Gasteiger partial charge in [-0.25, -0.2) is 0 Å². The number of nitrogens with zero attached hydrogens (tertiary/aromatic N) is 1. The molecule has 1 heterocycles. The minimum Gasteiger partial charge on any atom is -0.490 e. The van der Waals surface area contributed by atoms with Crippen LogP contribution in [0.2, 0.25) is 0 Å². The van der Waals surface area contributed by atoms with E-state index in [1.807, 2.05) is 0 Å². The molecule has 1 aromatic rings. The zero-order valence-corrected chi connectivity index (χ0v) is 10.9. The number of nitrogens with two attached hydrogens (primary N) is 1. The van der Waals surface area contributed by atoms with Crippen LogP contribution in [0.3, 0.4) is 0 Å². The van der Waals surface area contributed by atoms with Gasteiger partial charge in [0.05, 0.1) is 7.11 Å². The van der Waals surface area contributed by atoms with Gasteiger partial charge in [-0.05, 0) is 36.2 Å². The van der Waals surface area contributed by atoms with E-state index in [1.54, 1.807) is 7.11 Å². The summed E-state index contributed by atoms with van der Waals surface area (Å²) in [6.07, 6.45) is 3.66. The molecular weight excluding hydrogens is 222 g/mol. The minimum absolute atomic E-state index is 0.446. The highest BCUT2D eigenvalue weighted by Crippen LogP contribution is 2.41. The Bertz CT molecular complexity index is 375. The van der Waals surface area contributed by atoms with E-state index in [4.69, 9.17) is 10.5 Å². The average molecular weight is 241 g/mol. The van der Waals surface area contributed by atoms with Crippen molar-refractivity contribution in [3.05, 3.63) is 0 Å². The number of hydrogen-bond donors (Lipinski definition) is 2. The largest absolute Gasteiger partial charge is 0.490 e. The van der Waals surface area contributed by atoms with Crippen molar-refractivity contribution in [3.63, 3.8) is 0 Å². The van der Waals surface area contributed by atoms with Crippen LogP contribution in [-0.2, 0) is 0 Å². The zero-order valence-electron chi connectivity index (χ0n) is 10.0. The van der Waals surface area contributed by atoms with Crippen LogP contribution in [0.15, 0.2) is 0 Å². The minimum atomic E-state index is 0.446. The lowest BCUT2D eigenvalue weighted by Crippen LogP contribution is -2.17. The van der Waals surface area contributed by atoms with E-state index in [1.165, 1.54) is 30.8 Å². The van der Waals surface area contributed by atoms with E-state index in [0.717, 1.165) is 5.00 Å². The van der Waals surface area contributed by atoms with Crippen molar-refractivity contribution in [3.8, 4) is 5.75 Å². The average Bonchev–Trinajstić information content (AvgIpc) is 2.71. The normalized spacial score (nSPS) is 23.3. The molecule has 1 aliphatic rings. The summed E-state index contributed by atoms with van der Waals surface area (Å²) in [5.41, 5.74) is 6.16. The third kappa shape index (κ3) is 2.24. The van der Waals surface area contributed by atoms with Gasteiger partial charge in [-0.15, -0.1) is 0 Å². The van der Waals surface area contributed by atoms with Gasteiger partial charge >= 0.3 is 0 Å². The first kappa shape index (κ1) is 11.5. The Balaban J connectivity index is 2.05. The van der Waals surface area contributed by atoms with Crippen molar-refractivity contribution in [1.29, 1.82) is 0 Å². The summed E-state index contributed by atoms with van der Waals surface area (Å²) in [6, 6.07) is 0.517. The first-order chi connectivity index (χ1) is 7.52. The Kier molecular flexibility index (Phi) is 2.97. The van der Waals surface area contributed by atoms with E-state index < -0.39 is 0 Å². The summed E-state index contributed by atoms with van der Waals surface area (Å²) in [5, 5.41) is 4.45. The quantitative estimate of drug-likeness (QED) is 0.854. The van der Waals surface area contributed by atoms with Crippen molar-refractivity contribution in [2.75, 3.05) is 18.2 Å². The van der Waals surface area contributed by atoms with E-state index in [-0.39, 0.29) is 0 Å². The molecule has 5 heteroatoms. The molecule has 1 saturated carbocycles. The lowest BCUT2D eigenvalue weighted by atomic mass is 9.92. The highest BCUT2D eigenvalue weighted by atomic mass is 32.1. The number of nitrogen functional groups attached to an aromatic ring is 1. The number of anilines is 2. The number of methoxy groups -OCH3 is 1. The molecule has 4 nitrogen and oxygen atoms in total. The molecule has 0 aliphatic heterocycles. The van der Waals surface area contributed by atoms with Gasteiger partial charge in [-0.3, -0.25) is 0 Å². The number of aromatic nitrogens is 1. The lowest BCUT2D eigenvalue weighted by molar-refractivity contribution is 0.378. The van der Waals surface area contributed by atoms with Crippen molar-refractivity contribution >= 4 is 22.4 Å². The molecule has 0 spiro atoms. The summed E-state index contributed by atoms with van der Waals surface area (Å²) >= 11 is 1.38. The fraction of sp³-hybridized carbons (Fsp3) is 0.727. The Morgan fingerprint density at radius 1 is 1.56 bits per heavy atom. The molecular formula is C11H19N3OS. The van der Waals surface area contributed by atoms with Crippen molar-refractivity contribution < 1.29 is 4.74 Å². The third-order valence-electron chi connectivity index (χ3n) is 3.18. The number of nitrogens with one attached hydrogen (secondary N) is 1. The summed E-state index contributed by atoms with van der Waals surface area (Å²) in [4.78, 5) is 0. The summed E-state index contributed by atoms with van der Waals surface area (Å²) in [5.74, 6) is 1.17. The molecule has 1 unspecified atom stereocenters. The van der Waals surface area contributed by atoms with Crippen LogP contribution in [0.4, 0.5) is 10.8 Å². The van der Waals surface area contributed by atoms with Crippen LogP contribution >= 0.6 is 11.5 Å². The smallest absolute Gasteiger partial charge is 0.197 e. The highest BCUT2D eigenvalue weighted by molar-refractivity contribution is 7.11. The third-order valence-corrected chi connectivity index (χ3v) is 3.96. The van der Waals surface area contributed by atoms with Crippen molar-refractivity contribution in [2.45, 2.75) is 39.2 Å². The van der Waals surface area contributed by atoms with Crippen LogP contribution in [0, 0.1) is 5.41 Å². The maximum Gasteiger partial charge on any atom is 0.197 e. The Morgan fingerprint density at radius 2 is 2.31 bits per heavy atom. The Morgan fingerprint density at radius 3 is 2.88 bits per heavy atom. The van der Waals surface area contributed by atoms with E-state index in [0.29, 0.717) is 23.0 Å². The predicted molar refractivity (Wildman–Crippen MR) is 68.1 cm³/mol. The van der Waals surface area contributed by atoms with E-state index in [2.05, 4.69) is 23.5 Å². The maximum atomic E-state index is 5.71. The molecule has 0 amide bonds. The molecule has 1 aliphatic carbocycles. The number of hydrogen-bond acceptors (Lipinski definition) is 5. The standard InChI is InChI=1S/C11H19N3OS/c1-11(2)5-4-7(6-11)13-10-8(15-3)9(12)14-16-10/h7,13H,4-6H2,1-3H3,(H2,12,14). The first-order valence-electron chi connectivity index (χ1n) is 5.57. The van der Waals surface area contributed by atoms with E-state index in [9.17, 15) is 0 Å². The van der Waals surface area contributed by atoms with Gasteiger partial charge in [0.15, 0.2) is 16.6 Å². The monoisotopic (exact) mass is 241 g/mol. The van der Waals surface area contributed by atoms with Crippen molar-refractivity contribution in [2.24, 2.45) is 5.41 Å². The molecule has 0 aromatic carbocycles. The first-order valence-corrected chi connectivity index (χ1v) is 6.35. The molecule has 3 N–H and O–H groups in total. The predicted octanol–water partition coefficient (Wildman–Crippen LogP) is 2.72. The number of ether oxygens (including phenoxy) is 1. The van der Waals surface area contributed by atoms with E-state index >= 15 is 0 Å². The molecule has 2 rings (SSSR count). The molecule has 16 heavy (non-hydrogen) atoms. The molecule has 0 radical (unpaired) electrons. The van der Waals surface area contributed by atoms with Gasteiger partial charge in [0.2, 0.25) is 0 Å². The molecule has 0 bridgehead atoms. The topological polar surface area (TPSA) is 60.2 Å². The maximum absolute atomic E-state index is 5.71. The molecule has 1 aromatic heterocycles. The molecule has 1 atom stereocenters. The Labute approximate surface area is 100 Å². The van der Waals surface area contributed by atoms with Gasteiger partial charge < -0.3 is 15.8 Å². The van der Waals surface area contributed by atoms with Gasteiger partial charge in [0.25, 0.3) is 0 Å². The summed E-state index contributed by atoms with van der Waals surface area (Å²) < 4.78 is 9.34. The van der Waals surface area contributed by atoms with Crippen molar-refractivity contribution in [1.82, 2.24) is 4.37 Å². The second-order valence-electron chi connectivity index (χ2n) is 5.18. The summed E-state index contributed by atoms with van der Waals surface area (Å²) in [7, 11) is 1.63. The van der Waals surface area contributed by atoms with Crippen LogP contribution in [0.5, 0.6) is 5.75 Å². The molecule has 1 fully saturated rings. The summed E-state index contributed by atoms with van der Waals surface area (Å²) in [6.45, 7) is 4.62. The van der Waals surface area contributed by atoms with Crippen LogP contribution in [-0.4, -0.2) is 17.5 Å². The van der Waals surface area contributed by atoms with Crippen LogP contribution in [0.25, 0.3) is 0 Å². The highest BCUT2D eigenvalue weighted by Gasteiger charge is 2.31. The molecule has 90 valence electrons. The van der Waals surface area contributed by atoms with Gasteiger partial charge in [-0.2, -0.15) is 4.37 Å². The molecule has 0 saturated heterocycles. The Hall–Kier alpha value is -0.970. The van der Waals surface area contributed by atoms with Gasteiger partial charge in [0, 0.05) is 6.04 Å². The fourth-order valence-corrected chi connectivity index (χ4v) is 3.09. The SMILES string of the molecule is COc1c(N)nsc1NC1CCC(C)(C)C1.